The van der Waals surface area contributed by atoms with Crippen LogP contribution in [0.25, 0.3) is 11.2 Å². The Morgan fingerprint density at radius 3 is 1.92 bits per heavy atom. The number of rotatable bonds is 12. The number of nitro groups is 2. The third-order valence-electron chi connectivity index (χ3n) is 5.26. The third kappa shape index (κ3) is 6.30. The minimum atomic E-state index is -1.08. The molecule has 0 radical (unpaired) electrons. The number of nitrogens with zero attached hydrogens (tertiary/aromatic N) is 6. The highest BCUT2D eigenvalue weighted by Crippen LogP contribution is 2.24. The van der Waals surface area contributed by atoms with Gasteiger partial charge in [0.2, 0.25) is 5.88 Å². The molecule has 14 nitrogen and oxygen atoms in total. The van der Waals surface area contributed by atoms with E-state index in [1.807, 2.05) is 0 Å². The fraction of sp³-hybridized carbons (Fsp3) is 0.217. The number of ether oxygens (including phenoxy) is 2. The molecule has 0 aliphatic heterocycles. The maximum Gasteiger partial charge on any atom is 0.323 e. The van der Waals surface area contributed by atoms with Gasteiger partial charge in [0.15, 0.2) is 11.2 Å². The summed E-state index contributed by atoms with van der Waals surface area (Å²) in [5.41, 5.74) is 2.07. The van der Waals surface area contributed by atoms with Gasteiger partial charge >= 0.3 is 12.0 Å². The van der Waals surface area contributed by atoms with Crippen molar-refractivity contribution >= 4 is 28.5 Å². The summed E-state index contributed by atoms with van der Waals surface area (Å²) in [6.45, 7) is -0.0610. The van der Waals surface area contributed by atoms with Gasteiger partial charge in [-0.1, -0.05) is 24.3 Å². The predicted molar refractivity (Wildman–Crippen MR) is 128 cm³/mol. The van der Waals surface area contributed by atoms with Crippen molar-refractivity contribution in [2.75, 3.05) is 13.2 Å². The SMILES string of the molecule is O=C(O)Cn1cnc2c(OCCc3ccc([N+](=O)[O-])cc3)nc(OCCc3ccc([N+](=O)[O-])cc3)nc21. The van der Waals surface area contributed by atoms with Crippen LogP contribution in [0.5, 0.6) is 11.9 Å². The molecule has 0 amide bonds. The van der Waals surface area contributed by atoms with Gasteiger partial charge in [0.05, 0.1) is 29.4 Å². The second kappa shape index (κ2) is 11.1. The quantitative estimate of drug-likeness (QED) is 0.219. The van der Waals surface area contributed by atoms with Crippen LogP contribution in [0.4, 0.5) is 11.4 Å². The van der Waals surface area contributed by atoms with Crippen LogP contribution in [0, 0.1) is 20.2 Å². The van der Waals surface area contributed by atoms with Crippen molar-refractivity contribution in [1.82, 2.24) is 19.5 Å². The van der Waals surface area contributed by atoms with Crippen LogP contribution in [-0.4, -0.2) is 53.7 Å². The molecule has 2 aromatic heterocycles. The molecule has 0 atom stereocenters. The van der Waals surface area contributed by atoms with Crippen LogP contribution in [0.15, 0.2) is 54.9 Å². The van der Waals surface area contributed by atoms with E-state index in [1.165, 1.54) is 35.2 Å². The van der Waals surface area contributed by atoms with E-state index < -0.39 is 15.8 Å². The lowest BCUT2D eigenvalue weighted by atomic mass is 10.1. The van der Waals surface area contributed by atoms with E-state index in [0.29, 0.717) is 12.8 Å². The Balaban J connectivity index is 1.47. The number of aliphatic carboxylic acids is 1. The van der Waals surface area contributed by atoms with Crippen molar-refractivity contribution in [2.24, 2.45) is 0 Å². The van der Waals surface area contributed by atoms with Gasteiger partial charge < -0.3 is 19.1 Å². The van der Waals surface area contributed by atoms with E-state index in [9.17, 15) is 30.1 Å². The second-order valence-corrected chi connectivity index (χ2v) is 7.79. The van der Waals surface area contributed by atoms with E-state index in [-0.39, 0.29) is 54.2 Å². The number of carboxylic acid groups (broad SMARTS) is 1. The number of carboxylic acids is 1. The molecule has 0 aliphatic carbocycles. The minimum absolute atomic E-state index is 0.0123. The molecule has 4 rings (SSSR count). The molecule has 0 saturated heterocycles. The first-order chi connectivity index (χ1) is 17.8. The highest BCUT2D eigenvalue weighted by Gasteiger charge is 2.17. The summed E-state index contributed by atoms with van der Waals surface area (Å²) in [4.78, 5) is 44.6. The lowest BCUT2D eigenvalue weighted by Crippen LogP contribution is -2.11. The van der Waals surface area contributed by atoms with Gasteiger partial charge in [-0.25, -0.2) is 4.98 Å². The maximum absolute atomic E-state index is 11.2. The number of hydrogen-bond acceptors (Lipinski definition) is 10. The second-order valence-electron chi connectivity index (χ2n) is 7.79. The molecule has 2 heterocycles. The smallest absolute Gasteiger partial charge is 0.323 e. The number of carbonyl (C=O) groups is 1. The molecule has 0 unspecified atom stereocenters. The molecule has 0 fully saturated rings. The number of nitro benzene ring substituents is 2. The van der Waals surface area contributed by atoms with E-state index >= 15 is 0 Å². The van der Waals surface area contributed by atoms with Crippen molar-refractivity contribution in [1.29, 1.82) is 0 Å². The van der Waals surface area contributed by atoms with Crippen LogP contribution in [-0.2, 0) is 24.2 Å². The zero-order chi connectivity index (χ0) is 26.4. The zero-order valence-electron chi connectivity index (χ0n) is 19.2. The fourth-order valence-electron chi connectivity index (χ4n) is 3.42. The lowest BCUT2D eigenvalue weighted by Gasteiger charge is -2.10. The van der Waals surface area contributed by atoms with Crippen LogP contribution in [0.2, 0.25) is 0 Å². The maximum atomic E-state index is 11.2. The van der Waals surface area contributed by atoms with Crippen LogP contribution >= 0.6 is 0 Å². The average molecular weight is 508 g/mol. The number of fused-ring (bicyclic) bond motifs is 1. The largest absolute Gasteiger partial charge is 0.480 e. The molecule has 37 heavy (non-hydrogen) atoms. The van der Waals surface area contributed by atoms with Gasteiger partial charge in [0.1, 0.15) is 6.54 Å². The Labute approximate surface area is 208 Å². The molecule has 0 saturated carbocycles. The molecular formula is C23H20N6O8. The topological polar surface area (TPSA) is 186 Å². The Morgan fingerprint density at radius 2 is 1.41 bits per heavy atom. The molecule has 0 bridgehead atoms. The van der Waals surface area contributed by atoms with Crippen molar-refractivity contribution in [2.45, 2.75) is 19.4 Å². The molecular weight excluding hydrogens is 488 g/mol. The number of aromatic nitrogens is 4. The van der Waals surface area contributed by atoms with Gasteiger partial charge in [-0.15, -0.1) is 0 Å². The fourth-order valence-corrected chi connectivity index (χ4v) is 3.42. The van der Waals surface area contributed by atoms with Crippen LogP contribution in [0.3, 0.4) is 0 Å². The Kier molecular flexibility index (Phi) is 7.47. The Morgan fingerprint density at radius 1 is 0.865 bits per heavy atom. The summed E-state index contributed by atoms with van der Waals surface area (Å²) in [6, 6.07) is 12.1. The van der Waals surface area contributed by atoms with Crippen molar-refractivity contribution in [3.63, 3.8) is 0 Å². The van der Waals surface area contributed by atoms with E-state index in [1.54, 1.807) is 24.3 Å². The molecule has 0 spiro atoms. The average Bonchev–Trinajstić information content (AvgIpc) is 3.26. The van der Waals surface area contributed by atoms with Crippen LogP contribution < -0.4 is 9.47 Å². The van der Waals surface area contributed by atoms with E-state index in [0.717, 1.165) is 11.1 Å². The summed E-state index contributed by atoms with van der Waals surface area (Å²) in [6.07, 6.45) is 2.16. The first-order valence-corrected chi connectivity index (χ1v) is 11.0. The molecule has 1 N–H and O–H groups in total. The highest BCUT2D eigenvalue weighted by atomic mass is 16.6. The predicted octanol–water partition coefficient (Wildman–Crippen LogP) is 2.97. The van der Waals surface area contributed by atoms with Gasteiger partial charge in [-0.05, 0) is 11.1 Å². The first-order valence-electron chi connectivity index (χ1n) is 11.0. The number of non-ortho nitro benzene ring substituents is 2. The first kappa shape index (κ1) is 25.0. The number of hydrogen-bond donors (Lipinski definition) is 1. The number of benzene rings is 2. The van der Waals surface area contributed by atoms with Gasteiger partial charge in [-0.3, -0.25) is 25.0 Å². The molecule has 0 aliphatic rings. The minimum Gasteiger partial charge on any atom is -0.480 e. The number of imidazole rings is 1. The Bertz CT molecular complexity index is 1440. The van der Waals surface area contributed by atoms with Gasteiger partial charge in [0, 0.05) is 37.1 Å². The molecule has 190 valence electrons. The highest BCUT2D eigenvalue weighted by molar-refractivity contribution is 5.78. The van der Waals surface area contributed by atoms with Crippen LogP contribution in [0.1, 0.15) is 11.1 Å². The van der Waals surface area contributed by atoms with Crippen molar-refractivity contribution in [3.05, 3.63) is 86.2 Å². The standard InChI is InChI=1S/C23H20N6O8/c30-19(31)13-27-14-24-20-21(27)25-23(37-12-10-16-3-7-18(8-4-16)29(34)35)26-22(20)36-11-9-15-1-5-17(6-2-15)28(32)33/h1-8,14H,9-13H2,(H,30,31). The molecule has 14 heteroatoms. The van der Waals surface area contributed by atoms with Crippen molar-refractivity contribution < 1.29 is 29.2 Å². The van der Waals surface area contributed by atoms with Gasteiger partial charge in [0.25, 0.3) is 11.4 Å². The summed E-state index contributed by atoms with van der Waals surface area (Å²) >= 11 is 0. The monoisotopic (exact) mass is 508 g/mol. The molecule has 4 aromatic rings. The van der Waals surface area contributed by atoms with Crippen molar-refractivity contribution in [3.8, 4) is 11.9 Å². The third-order valence-corrected chi connectivity index (χ3v) is 5.26. The Hall–Kier alpha value is -5.14. The normalized spacial score (nSPS) is 10.8. The van der Waals surface area contributed by atoms with E-state index in [2.05, 4.69) is 15.0 Å². The zero-order valence-corrected chi connectivity index (χ0v) is 19.2. The lowest BCUT2D eigenvalue weighted by molar-refractivity contribution is -0.385. The summed E-state index contributed by atoms with van der Waals surface area (Å²) in [5.74, 6) is -0.986. The molecule has 2 aromatic carbocycles. The summed E-state index contributed by atoms with van der Waals surface area (Å²) in [5, 5.41) is 30.8. The summed E-state index contributed by atoms with van der Waals surface area (Å²) < 4.78 is 12.8. The van der Waals surface area contributed by atoms with Gasteiger partial charge in [-0.2, -0.15) is 9.97 Å². The van der Waals surface area contributed by atoms with E-state index in [4.69, 9.17) is 9.47 Å². The summed E-state index contributed by atoms with van der Waals surface area (Å²) in [7, 11) is 0.